The van der Waals surface area contributed by atoms with Crippen LogP contribution in [0.3, 0.4) is 0 Å². The van der Waals surface area contributed by atoms with Crippen molar-refractivity contribution in [2.45, 2.75) is 33.4 Å². The second-order valence-corrected chi connectivity index (χ2v) is 3.84. The van der Waals surface area contributed by atoms with Gasteiger partial charge in [-0.1, -0.05) is 13.8 Å². The highest BCUT2D eigenvalue weighted by atomic mass is 16.1. The first-order valence-electron chi connectivity index (χ1n) is 5.00. The van der Waals surface area contributed by atoms with Crippen LogP contribution >= 0.6 is 0 Å². The Hall–Kier alpha value is -1.09. The number of hydrogen-bond acceptors (Lipinski definition) is 2. The third kappa shape index (κ3) is 3.34. The van der Waals surface area contributed by atoms with Crippen LogP contribution in [0.15, 0.2) is 23.1 Å². The van der Waals surface area contributed by atoms with E-state index < -0.39 is 0 Å². The van der Waals surface area contributed by atoms with Gasteiger partial charge in [0, 0.05) is 31.4 Å². The van der Waals surface area contributed by atoms with Crippen molar-refractivity contribution in [1.82, 2.24) is 9.88 Å². The van der Waals surface area contributed by atoms with E-state index >= 15 is 0 Å². The lowest BCUT2D eigenvalue weighted by atomic mass is 10.3. The first-order chi connectivity index (χ1) is 6.59. The summed E-state index contributed by atoms with van der Waals surface area (Å²) in [5, 5.41) is 3.28. The fraction of sp³-hybridized carbons (Fsp3) is 0.545. The van der Waals surface area contributed by atoms with Gasteiger partial charge in [-0.3, -0.25) is 4.79 Å². The smallest absolute Gasteiger partial charge is 0.250 e. The van der Waals surface area contributed by atoms with Crippen molar-refractivity contribution >= 4 is 0 Å². The minimum Gasteiger partial charge on any atom is -0.314 e. The summed E-state index contributed by atoms with van der Waals surface area (Å²) in [6.45, 7) is 7.69. The van der Waals surface area contributed by atoms with Crippen LogP contribution in [0.5, 0.6) is 0 Å². The lowest BCUT2D eigenvalue weighted by molar-refractivity contribution is 0.534. The molecule has 0 saturated carbocycles. The predicted octanol–water partition coefficient (Wildman–Crippen LogP) is 1.15. The molecule has 1 heterocycles. The van der Waals surface area contributed by atoms with E-state index in [-0.39, 0.29) is 5.56 Å². The average Bonchev–Trinajstić information content (AvgIpc) is 2.08. The molecule has 0 spiro atoms. The molecule has 3 heteroatoms. The molecule has 0 amide bonds. The van der Waals surface area contributed by atoms with Crippen molar-refractivity contribution in [3.63, 3.8) is 0 Å². The van der Waals surface area contributed by atoms with Crippen LogP contribution in [-0.4, -0.2) is 17.2 Å². The largest absolute Gasteiger partial charge is 0.314 e. The van der Waals surface area contributed by atoms with E-state index in [0.29, 0.717) is 6.04 Å². The molecule has 0 atom stereocenters. The SMILES string of the molecule is Cc1ccn(CCNC(C)C)c(=O)c1. The van der Waals surface area contributed by atoms with E-state index in [2.05, 4.69) is 19.2 Å². The van der Waals surface area contributed by atoms with Gasteiger partial charge < -0.3 is 9.88 Å². The summed E-state index contributed by atoms with van der Waals surface area (Å²) in [5.74, 6) is 0. The first-order valence-corrected chi connectivity index (χ1v) is 5.00. The van der Waals surface area contributed by atoms with Gasteiger partial charge in [0.1, 0.15) is 0 Å². The predicted molar refractivity (Wildman–Crippen MR) is 58.6 cm³/mol. The van der Waals surface area contributed by atoms with Crippen LogP contribution in [0.2, 0.25) is 0 Å². The van der Waals surface area contributed by atoms with Crippen LogP contribution in [0.4, 0.5) is 0 Å². The summed E-state index contributed by atoms with van der Waals surface area (Å²) in [6, 6.07) is 4.09. The molecular formula is C11H18N2O. The fourth-order valence-corrected chi connectivity index (χ4v) is 1.27. The van der Waals surface area contributed by atoms with Crippen LogP contribution < -0.4 is 10.9 Å². The Bertz CT molecular complexity index is 341. The maximum absolute atomic E-state index is 11.5. The Morgan fingerprint density at radius 1 is 1.50 bits per heavy atom. The molecule has 0 fully saturated rings. The maximum atomic E-state index is 11.5. The van der Waals surface area contributed by atoms with Gasteiger partial charge in [-0.25, -0.2) is 0 Å². The molecule has 1 aromatic rings. The number of aryl methyl sites for hydroxylation is 1. The Labute approximate surface area is 84.8 Å². The quantitative estimate of drug-likeness (QED) is 0.780. The molecular weight excluding hydrogens is 176 g/mol. The molecule has 0 aliphatic rings. The van der Waals surface area contributed by atoms with Crippen LogP contribution in [0.1, 0.15) is 19.4 Å². The van der Waals surface area contributed by atoms with Crippen molar-refractivity contribution in [1.29, 1.82) is 0 Å². The van der Waals surface area contributed by atoms with E-state index in [4.69, 9.17) is 0 Å². The first kappa shape index (κ1) is 11.0. The second kappa shape index (κ2) is 4.96. The number of hydrogen-bond donors (Lipinski definition) is 1. The average molecular weight is 194 g/mol. The second-order valence-electron chi connectivity index (χ2n) is 3.84. The molecule has 0 aliphatic heterocycles. The van der Waals surface area contributed by atoms with Crippen molar-refractivity contribution in [2.24, 2.45) is 0 Å². The van der Waals surface area contributed by atoms with Gasteiger partial charge in [0.15, 0.2) is 0 Å². The van der Waals surface area contributed by atoms with Crippen molar-refractivity contribution in [2.75, 3.05) is 6.54 Å². The summed E-state index contributed by atoms with van der Waals surface area (Å²) in [7, 11) is 0. The molecule has 1 aromatic heterocycles. The molecule has 1 rings (SSSR count). The zero-order chi connectivity index (χ0) is 10.6. The monoisotopic (exact) mass is 194 g/mol. The summed E-state index contributed by atoms with van der Waals surface area (Å²) in [4.78, 5) is 11.5. The number of nitrogens with one attached hydrogen (secondary N) is 1. The lowest BCUT2D eigenvalue weighted by Crippen LogP contribution is -2.30. The maximum Gasteiger partial charge on any atom is 0.250 e. The van der Waals surface area contributed by atoms with Crippen molar-refractivity contribution in [3.05, 3.63) is 34.2 Å². The molecule has 0 unspecified atom stereocenters. The van der Waals surface area contributed by atoms with E-state index in [1.165, 1.54) is 0 Å². The fourth-order valence-electron chi connectivity index (χ4n) is 1.27. The number of rotatable bonds is 4. The summed E-state index contributed by atoms with van der Waals surface area (Å²) < 4.78 is 1.72. The lowest BCUT2D eigenvalue weighted by Gasteiger charge is -2.09. The third-order valence-corrected chi connectivity index (χ3v) is 2.06. The molecule has 14 heavy (non-hydrogen) atoms. The van der Waals surface area contributed by atoms with Crippen LogP contribution in [0.25, 0.3) is 0 Å². The van der Waals surface area contributed by atoms with Gasteiger partial charge >= 0.3 is 0 Å². The highest BCUT2D eigenvalue weighted by Gasteiger charge is 1.96. The van der Waals surface area contributed by atoms with Crippen LogP contribution in [-0.2, 0) is 6.54 Å². The Morgan fingerprint density at radius 2 is 2.21 bits per heavy atom. The van der Waals surface area contributed by atoms with E-state index in [1.54, 1.807) is 10.6 Å². The standard InChI is InChI=1S/C11H18N2O/c1-9(2)12-5-7-13-6-4-10(3)8-11(13)14/h4,6,8-9,12H,5,7H2,1-3H3. The van der Waals surface area contributed by atoms with Gasteiger partial charge in [0.25, 0.3) is 5.56 Å². The zero-order valence-corrected chi connectivity index (χ0v) is 9.08. The minimum atomic E-state index is 0.0792. The summed E-state index contributed by atoms with van der Waals surface area (Å²) in [5.41, 5.74) is 1.10. The number of aromatic nitrogens is 1. The normalized spacial score (nSPS) is 10.9. The molecule has 1 N–H and O–H groups in total. The molecule has 0 aromatic carbocycles. The summed E-state index contributed by atoms with van der Waals surface area (Å²) >= 11 is 0. The minimum absolute atomic E-state index is 0.0792. The highest BCUT2D eigenvalue weighted by Crippen LogP contribution is 1.90. The molecule has 0 aliphatic carbocycles. The molecule has 0 saturated heterocycles. The van der Waals surface area contributed by atoms with Crippen molar-refractivity contribution < 1.29 is 0 Å². The van der Waals surface area contributed by atoms with Crippen LogP contribution in [0, 0.1) is 6.92 Å². The highest BCUT2D eigenvalue weighted by molar-refractivity contribution is 5.07. The number of pyridine rings is 1. The van der Waals surface area contributed by atoms with E-state index in [9.17, 15) is 4.79 Å². The van der Waals surface area contributed by atoms with Gasteiger partial charge in [-0.05, 0) is 18.6 Å². The van der Waals surface area contributed by atoms with E-state index in [0.717, 1.165) is 18.7 Å². The Morgan fingerprint density at radius 3 is 2.79 bits per heavy atom. The number of nitrogens with zero attached hydrogens (tertiary/aromatic N) is 1. The van der Waals surface area contributed by atoms with Gasteiger partial charge in [-0.2, -0.15) is 0 Å². The molecule has 78 valence electrons. The van der Waals surface area contributed by atoms with Crippen molar-refractivity contribution in [3.8, 4) is 0 Å². The molecule has 0 bridgehead atoms. The molecule has 0 radical (unpaired) electrons. The van der Waals surface area contributed by atoms with Gasteiger partial charge in [0.2, 0.25) is 0 Å². The Balaban J connectivity index is 2.55. The Kier molecular flexibility index (Phi) is 3.89. The van der Waals surface area contributed by atoms with E-state index in [1.807, 2.05) is 19.2 Å². The molecule has 3 nitrogen and oxygen atoms in total. The topological polar surface area (TPSA) is 34.0 Å². The van der Waals surface area contributed by atoms with Gasteiger partial charge in [-0.15, -0.1) is 0 Å². The zero-order valence-electron chi connectivity index (χ0n) is 9.08. The third-order valence-electron chi connectivity index (χ3n) is 2.06. The van der Waals surface area contributed by atoms with Gasteiger partial charge in [0.05, 0.1) is 0 Å². The summed E-state index contributed by atoms with van der Waals surface area (Å²) in [6.07, 6.45) is 1.85.